The van der Waals surface area contributed by atoms with Gasteiger partial charge >= 0.3 is 5.97 Å². The molecule has 5 rings (SSSR count). The average molecular weight is 694 g/mol. The van der Waals surface area contributed by atoms with Crippen LogP contribution >= 0.6 is 0 Å². The number of carbonyl (C=O) groups is 2. The molecule has 51 heavy (non-hydrogen) atoms. The summed E-state index contributed by atoms with van der Waals surface area (Å²) in [6.45, 7) is 0.292. The maximum absolute atomic E-state index is 13.1. The Labute approximate surface area is 300 Å². The largest absolute Gasteiger partial charge is 0.461 e. The summed E-state index contributed by atoms with van der Waals surface area (Å²) in [4.78, 5) is 29.6. The Morgan fingerprint density at radius 1 is 0.922 bits per heavy atom. The molecule has 9 nitrogen and oxygen atoms in total. The highest BCUT2D eigenvalue weighted by Crippen LogP contribution is 2.38. The molecule has 0 aliphatic heterocycles. The van der Waals surface area contributed by atoms with Gasteiger partial charge in [0.1, 0.15) is 6.61 Å². The van der Waals surface area contributed by atoms with Crippen molar-refractivity contribution in [2.45, 2.75) is 88.6 Å². The second-order valence-corrected chi connectivity index (χ2v) is 13.7. The molecular weight excluding hydrogens is 642 g/mol. The van der Waals surface area contributed by atoms with Crippen LogP contribution in [0.25, 0.3) is 10.8 Å². The van der Waals surface area contributed by atoms with Crippen LogP contribution in [0, 0.1) is 11.8 Å². The molecule has 0 saturated heterocycles. The predicted octanol–water partition coefficient (Wildman–Crippen LogP) is 6.21. The van der Waals surface area contributed by atoms with E-state index in [0.29, 0.717) is 50.6 Å². The van der Waals surface area contributed by atoms with Gasteiger partial charge in [-0.1, -0.05) is 72.8 Å². The van der Waals surface area contributed by atoms with E-state index in [-0.39, 0.29) is 43.3 Å². The van der Waals surface area contributed by atoms with Gasteiger partial charge in [0.2, 0.25) is 5.91 Å². The summed E-state index contributed by atoms with van der Waals surface area (Å²) < 4.78 is 5.48. The number of aliphatic hydroxyl groups is 3. The van der Waals surface area contributed by atoms with E-state index in [0.717, 1.165) is 28.3 Å². The van der Waals surface area contributed by atoms with E-state index in [2.05, 4.69) is 22.4 Å². The summed E-state index contributed by atoms with van der Waals surface area (Å²) in [5.74, 6) is -1.10. The number of hydrogen-bond donors (Lipinski definition) is 5. The van der Waals surface area contributed by atoms with E-state index in [9.17, 15) is 24.9 Å². The van der Waals surface area contributed by atoms with E-state index in [1.807, 2.05) is 78.9 Å². The highest BCUT2D eigenvalue weighted by Gasteiger charge is 2.40. The molecule has 270 valence electrons. The lowest BCUT2D eigenvalue weighted by Gasteiger charge is -2.23. The van der Waals surface area contributed by atoms with Gasteiger partial charge in [-0.2, -0.15) is 0 Å². The van der Waals surface area contributed by atoms with E-state index >= 15 is 0 Å². The summed E-state index contributed by atoms with van der Waals surface area (Å²) in [5, 5.41) is 36.7. The first-order chi connectivity index (χ1) is 24.8. The zero-order valence-electron chi connectivity index (χ0n) is 29.1. The molecule has 1 saturated carbocycles. The van der Waals surface area contributed by atoms with Crippen molar-refractivity contribution >= 4 is 28.3 Å². The molecule has 6 N–H and O–H groups in total. The molecule has 9 heteroatoms. The Balaban J connectivity index is 0.983. The van der Waals surface area contributed by atoms with Gasteiger partial charge in [-0.3, -0.25) is 14.6 Å². The van der Waals surface area contributed by atoms with Crippen LogP contribution in [-0.2, 0) is 27.4 Å². The molecule has 1 fully saturated rings. The zero-order valence-corrected chi connectivity index (χ0v) is 29.1. The number of nitrogens with zero attached hydrogens (tertiary/aromatic N) is 1. The molecule has 1 aromatic heterocycles. The minimum Gasteiger partial charge on any atom is -0.461 e. The molecule has 1 aliphatic carbocycles. The van der Waals surface area contributed by atoms with E-state index < -0.39 is 24.2 Å². The number of unbranched alkanes of at least 4 members (excludes halogenated alkanes) is 1. The van der Waals surface area contributed by atoms with Crippen LogP contribution in [0.2, 0.25) is 0 Å². The van der Waals surface area contributed by atoms with Crippen molar-refractivity contribution in [1.82, 2.24) is 4.98 Å². The highest BCUT2D eigenvalue weighted by atomic mass is 16.5. The number of allylic oxidation sites excluding steroid dienone is 2. The Bertz CT molecular complexity index is 1710. The summed E-state index contributed by atoms with van der Waals surface area (Å²) in [7, 11) is 0. The number of esters is 1. The topological polar surface area (TPSA) is 155 Å². The van der Waals surface area contributed by atoms with Crippen LogP contribution in [0.4, 0.5) is 5.69 Å². The number of carbonyl (C=O) groups excluding carboxylic acids is 2. The third-order valence-electron chi connectivity index (χ3n) is 10.0. The first-order valence-electron chi connectivity index (χ1n) is 18.1. The summed E-state index contributed by atoms with van der Waals surface area (Å²) >= 11 is 0. The third-order valence-corrected chi connectivity index (χ3v) is 10.0. The fourth-order valence-electron chi connectivity index (χ4n) is 7.02. The monoisotopic (exact) mass is 693 g/mol. The number of aliphatic hydroxyl groups excluding tert-OH is 3. The zero-order chi connectivity index (χ0) is 36.0. The number of amides is 1. The Morgan fingerprint density at radius 2 is 1.71 bits per heavy atom. The summed E-state index contributed by atoms with van der Waals surface area (Å²) in [5.41, 5.74) is 9.48. The molecular formula is C42H51N3O6. The van der Waals surface area contributed by atoms with E-state index in [4.69, 9.17) is 10.5 Å². The smallest absolute Gasteiger partial charge is 0.306 e. The van der Waals surface area contributed by atoms with Crippen LogP contribution in [0.3, 0.4) is 0 Å². The molecule has 0 bridgehead atoms. The van der Waals surface area contributed by atoms with Gasteiger partial charge in [0.25, 0.3) is 0 Å². The summed E-state index contributed by atoms with van der Waals surface area (Å²) in [6, 6.07) is 25.0. The SMILES string of the molecule is NCC(C(=O)Nc1ccc2cnccc2c1)c1ccc(COC(=O)CCC/C=C\C[C@H]2C(O)CC(O)[C@@H]2CCC(O)CCc2ccccc2)cc1. The minimum absolute atomic E-state index is 0.0491. The second-order valence-electron chi connectivity index (χ2n) is 13.7. The third kappa shape index (κ3) is 11.3. The van der Waals surface area contributed by atoms with Crippen LogP contribution in [-0.4, -0.2) is 57.0 Å². The number of anilines is 1. The fourth-order valence-corrected chi connectivity index (χ4v) is 7.02. The van der Waals surface area contributed by atoms with Gasteiger partial charge in [0.15, 0.2) is 0 Å². The Morgan fingerprint density at radius 3 is 2.49 bits per heavy atom. The first-order valence-corrected chi connectivity index (χ1v) is 18.1. The second kappa shape index (κ2) is 19.3. The maximum atomic E-state index is 13.1. The number of fused-ring (bicyclic) bond motifs is 1. The quantitative estimate of drug-likeness (QED) is 0.0469. The number of rotatable bonds is 18. The van der Waals surface area contributed by atoms with E-state index in [1.54, 1.807) is 12.4 Å². The highest BCUT2D eigenvalue weighted by molar-refractivity contribution is 5.98. The van der Waals surface area contributed by atoms with Gasteiger partial charge < -0.3 is 31.1 Å². The molecule has 4 aromatic rings. The molecule has 3 aromatic carbocycles. The van der Waals surface area contributed by atoms with Crippen LogP contribution in [0.15, 0.2) is 103 Å². The van der Waals surface area contributed by atoms with Crippen LogP contribution in [0.1, 0.15) is 74.0 Å². The lowest BCUT2D eigenvalue weighted by atomic mass is 9.85. The molecule has 1 amide bonds. The van der Waals surface area contributed by atoms with Crippen molar-refractivity contribution in [1.29, 1.82) is 0 Å². The van der Waals surface area contributed by atoms with Gasteiger partial charge in [0, 0.05) is 36.4 Å². The molecule has 1 aliphatic rings. The van der Waals surface area contributed by atoms with Crippen molar-refractivity contribution in [3.8, 4) is 0 Å². The van der Waals surface area contributed by atoms with Gasteiger partial charge in [-0.05, 0) is 103 Å². The number of ether oxygens (including phenoxy) is 1. The number of aryl methyl sites for hydroxylation is 1. The van der Waals surface area contributed by atoms with E-state index in [1.165, 1.54) is 5.56 Å². The number of nitrogens with one attached hydrogen (secondary N) is 1. The summed E-state index contributed by atoms with van der Waals surface area (Å²) in [6.07, 6.45) is 11.4. The number of pyridine rings is 1. The molecule has 1 heterocycles. The molecule has 0 spiro atoms. The van der Waals surface area contributed by atoms with Gasteiger partial charge in [-0.15, -0.1) is 0 Å². The fraction of sp³-hybridized carbons (Fsp3) is 0.405. The van der Waals surface area contributed by atoms with Crippen LogP contribution in [0.5, 0.6) is 0 Å². The van der Waals surface area contributed by atoms with Crippen LogP contribution < -0.4 is 11.1 Å². The maximum Gasteiger partial charge on any atom is 0.306 e. The lowest BCUT2D eigenvalue weighted by molar-refractivity contribution is -0.145. The standard InChI is InChI=1S/C42H51N3O6/c43-26-38(42(50)45-34-18-17-33-27-44-23-22-32(33)24-34)31-15-12-30(13-16-31)28-51-41(49)11-7-2-1-6-10-36-37(40(48)25-39(36)47)21-20-35(46)19-14-29-8-4-3-5-9-29/h1,3-6,8-9,12-13,15-18,22-24,27,35-40,46-48H,2,7,10-11,14,19-21,25-26,28,43H2,(H,45,50)/b6-1-/t35?,36-,37-,38?,39?,40?/m1/s1. The Kier molecular flexibility index (Phi) is 14.3. The van der Waals surface area contributed by atoms with Crippen molar-refractivity contribution in [3.05, 3.63) is 120 Å². The Hall–Kier alpha value is -4.41. The van der Waals surface area contributed by atoms with Gasteiger partial charge in [-0.25, -0.2) is 0 Å². The lowest BCUT2D eigenvalue weighted by Crippen LogP contribution is -2.27. The number of nitrogens with two attached hydrogens (primary N) is 1. The van der Waals surface area contributed by atoms with Crippen molar-refractivity contribution < 1.29 is 29.6 Å². The molecule has 6 atom stereocenters. The predicted molar refractivity (Wildman–Crippen MR) is 200 cm³/mol. The van der Waals surface area contributed by atoms with Gasteiger partial charge in [0.05, 0.1) is 24.2 Å². The van der Waals surface area contributed by atoms with Crippen molar-refractivity contribution in [2.75, 3.05) is 11.9 Å². The molecule has 4 unspecified atom stereocenters. The number of benzene rings is 3. The normalized spacial score (nSPS) is 20.0. The van der Waals surface area contributed by atoms with Crippen molar-refractivity contribution in [3.63, 3.8) is 0 Å². The first kappa shape index (κ1) is 37.8. The number of hydrogen-bond acceptors (Lipinski definition) is 8. The molecule has 0 radical (unpaired) electrons. The van der Waals surface area contributed by atoms with Crippen molar-refractivity contribution in [2.24, 2.45) is 17.6 Å². The average Bonchev–Trinajstić information content (AvgIpc) is 3.42. The minimum atomic E-state index is -0.563. The number of aromatic nitrogens is 1.